The van der Waals surface area contributed by atoms with Gasteiger partial charge in [0.25, 0.3) is 0 Å². The van der Waals surface area contributed by atoms with Crippen LogP contribution in [0.4, 0.5) is 0 Å². The highest BCUT2D eigenvalue weighted by molar-refractivity contribution is 5.85. The maximum absolute atomic E-state index is 10.2. The number of aromatic amines is 1. The van der Waals surface area contributed by atoms with E-state index in [2.05, 4.69) is 33.9 Å². The van der Waals surface area contributed by atoms with Crippen LogP contribution in [0.15, 0.2) is 18.3 Å². The Bertz CT molecular complexity index is 1130. The molecule has 4 rings (SSSR count). The zero-order valence-corrected chi connectivity index (χ0v) is 17.9. The van der Waals surface area contributed by atoms with Crippen LogP contribution in [-0.4, -0.2) is 114 Å². The van der Waals surface area contributed by atoms with Crippen molar-refractivity contribution in [2.45, 2.75) is 61.4 Å². The molecule has 182 valence electrons. The van der Waals surface area contributed by atoms with Crippen LogP contribution in [0.5, 0.6) is 0 Å². The highest BCUT2D eigenvalue weighted by Crippen LogP contribution is 2.23. The third-order valence-corrected chi connectivity index (χ3v) is 5.90. The van der Waals surface area contributed by atoms with Crippen molar-refractivity contribution in [2.75, 3.05) is 13.2 Å². The van der Waals surface area contributed by atoms with Crippen LogP contribution in [-0.2, 0) is 9.47 Å². The van der Waals surface area contributed by atoms with E-state index in [1.165, 1.54) is 0 Å². The van der Waals surface area contributed by atoms with Gasteiger partial charge in [-0.05, 0) is 12.1 Å². The second kappa shape index (κ2) is 10.4. The predicted molar refractivity (Wildman–Crippen MR) is 116 cm³/mol. The Morgan fingerprint density at radius 2 is 1.62 bits per heavy atom. The molecule has 34 heavy (non-hydrogen) atoms. The topological polar surface area (TPSA) is 189 Å². The largest absolute Gasteiger partial charge is 0.394 e. The summed E-state index contributed by atoms with van der Waals surface area (Å²) in [4.78, 5) is 0. The number of hydrogen-bond acceptors (Lipinski definition) is 10. The Morgan fingerprint density at radius 1 is 0.882 bits per heavy atom. The second-order valence-electron chi connectivity index (χ2n) is 8.30. The number of aromatic nitrogens is 2. The van der Waals surface area contributed by atoms with E-state index in [9.17, 15) is 35.7 Å². The van der Waals surface area contributed by atoms with Gasteiger partial charge in [-0.25, -0.2) is 0 Å². The van der Waals surface area contributed by atoms with Gasteiger partial charge in [-0.3, -0.25) is 5.10 Å². The van der Waals surface area contributed by atoms with Crippen molar-refractivity contribution >= 4 is 10.9 Å². The lowest BCUT2D eigenvalue weighted by Crippen LogP contribution is -2.58. The lowest BCUT2D eigenvalue weighted by molar-refractivity contribution is -0.214. The van der Waals surface area contributed by atoms with E-state index in [-0.39, 0.29) is 13.0 Å². The number of nitrogens with zero attached hydrogens (tertiary/aromatic N) is 1. The van der Waals surface area contributed by atoms with E-state index < -0.39 is 61.5 Å². The SMILES string of the molecule is OC[C@@H]1C[C@H](O)[C@H](O)[C@@H](C#Cc2cc(C#C[C@H]3O[C@H](CO)[C@@H](O)[C@H](O)[C@@H]3O)c3[nH]ncc3c2)O1. The van der Waals surface area contributed by atoms with Gasteiger partial charge in [0.05, 0.1) is 42.7 Å². The molecule has 0 spiro atoms. The van der Waals surface area contributed by atoms with E-state index in [0.717, 1.165) is 0 Å². The Labute approximate surface area is 194 Å². The van der Waals surface area contributed by atoms with Gasteiger partial charge in [-0.2, -0.15) is 5.10 Å². The summed E-state index contributed by atoms with van der Waals surface area (Å²) >= 11 is 0. The number of aliphatic hydroxyl groups excluding tert-OH is 7. The number of nitrogens with one attached hydrogen (secondary N) is 1. The Hall–Kier alpha value is -2.55. The molecular weight excluding hydrogens is 448 g/mol. The van der Waals surface area contributed by atoms with E-state index in [0.29, 0.717) is 22.0 Å². The molecule has 11 heteroatoms. The van der Waals surface area contributed by atoms with Crippen molar-refractivity contribution in [2.24, 2.45) is 0 Å². The normalized spacial score (nSPS) is 35.8. The van der Waals surface area contributed by atoms with Crippen molar-refractivity contribution < 1.29 is 45.2 Å². The molecule has 8 N–H and O–H groups in total. The summed E-state index contributed by atoms with van der Waals surface area (Å²) in [6, 6.07) is 3.37. The number of H-pyrrole nitrogens is 1. The quantitative estimate of drug-likeness (QED) is 0.208. The van der Waals surface area contributed by atoms with Crippen LogP contribution in [0.25, 0.3) is 10.9 Å². The van der Waals surface area contributed by atoms with E-state index in [1.54, 1.807) is 18.3 Å². The maximum Gasteiger partial charge on any atom is 0.147 e. The van der Waals surface area contributed by atoms with Crippen molar-refractivity contribution in [1.82, 2.24) is 10.2 Å². The summed E-state index contributed by atoms with van der Waals surface area (Å²) in [5.74, 6) is 11.2. The molecule has 0 aliphatic carbocycles. The van der Waals surface area contributed by atoms with Gasteiger partial charge < -0.3 is 45.2 Å². The van der Waals surface area contributed by atoms with Crippen LogP contribution in [0.3, 0.4) is 0 Å². The molecule has 0 bridgehead atoms. The number of hydrogen-bond donors (Lipinski definition) is 8. The Kier molecular flexibility index (Phi) is 7.50. The van der Waals surface area contributed by atoms with Crippen molar-refractivity contribution in [3.8, 4) is 23.7 Å². The number of aliphatic hydroxyl groups is 7. The molecule has 0 radical (unpaired) electrons. The number of fused-ring (bicyclic) bond motifs is 1. The first-order chi connectivity index (χ1) is 16.3. The summed E-state index contributed by atoms with van der Waals surface area (Å²) in [6.45, 7) is -0.861. The van der Waals surface area contributed by atoms with Gasteiger partial charge in [0, 0.05) is 17.4 Å². The standard InChI is InChI=1S/C23H26N2O9/c26-9-14-7-15(28)20(29)16(33-14)3-1-11-5-12(19-13(6-11)8-24-25-19)2-4-17-21(30)23(32)22(31)18(10-27)34-17/h5-6,8,14-18,20-23,26-32H,7,9-10H2,(H,24,25)/t14-,15-,16+,17+,18+,20-,21+,22+,23+/m0/s1. The van der Waals surface area contributed by atoms with Gasteiger partial charge >= 0.3 is 0 Å². The molecule has 1 aromatic carbocycles. The molecule has 9 atom stereocenters. The molecule has 2 aliphatic rings. The number of rotatable bonds is 2. The average Bonchev–Trinajstić information content (AvgIpc) is 3.31. The molecular formula is C23H26N2O9. The molecule has 2 fully saturated rings. The highest BCUT2D eigenvalue weighted by atomic mass is 16.5. The molecule has 0 saturated carbocycles. The first-order valence-electron chi connectivity index (χ1n) is 10.8. The minimum atomic E-state index is -1.53. The van der Waals surface area contributed by atoms with Crippen LogP contribution in [0.1, 0.15) is 17.5 Å². The number of ether oxygens (including phenoxy) is 2. The van der Waals surface area contributed by atoms with Gasteiger partial charge in [-0.1, -0.05) is 23.7 Å². The van der Waals surface area contributed by atoms with Crippen LogP contribution >= 0.6 is 0 Å². The zero-order valence-electron chi connectivity index (χ0n) is 17.9. The van der Waals surface area contributed by atoms with Crippen LogP contribution < -0.4 is 0 Å². The first-order valence-corrected chi connectivity index (χ1v) is 10.8. The lowest BCUT2D eigenvalue weighted by atomic mass is 9.95. The van der Waals surface area contributed by atoms with Crippen molar-refractivity contribution in [3.05, 3.63) is 29.5 Å². The lowest BCUT2D eigenvalue weighted by Gasteiger charge is -2.37. The zero-order chi connectivity index (χ0) is 24.4. The van der Waals surface area contributed by atoms with Gasteiger partial charge in [0.2, 0.25) is 0 Å². The fraction of sp³-hybridized carbons (Fsp3) is 0.522. The fourth-order valence-electron chi connectivity index (χ4n) is 3.94. The van der Waals surface area contributed by atoms with Crippen LogP contribution in [0.2, 0.25) is 0 Å². The minimum Gasteiger partial charge on any atom is -0.394 e. The predicted octanol–water partition coefficient (Wildman–Crippen LogP) is -3.02. The summed E-state index contributed by atoms with van der Waals surface area (Å²) in [6.07, 6.45) is -8.97. The summed E-state index contributed by atoms with van der Waals surface area (Å²) < 4.78 is 11.0. The molecule has 2 aromatic rings. The number of benzene rings is 1. The van der Waals surface area contributed by atoms with E-state index in [1.807, 2.05) is 0 Å². The highest BCUT2D eigenvalue weighted by Gasteiger charge is 2.42. The smallest absolute Gasteiger partial charge is 0.147 e. The Morgan fingerprint density at radius 3 is 2.35 bits per heavy atom. The van der Waals surface area contributed by atoms with Gasteiger partial charge in [0.15, 0.2) is 0 Å². The summed E-state index contributed by atoms with van der Waals surface area (Å²) in [5, 5.41) is 76.4. The Balaban J connectivity index is 1.62. The van der Waals surface area contributed by atoms with Crippen molar-refractivity contribution in [3.63, 3.8) is 0 Å². The molecule has 3 heterocycles. The third-order valence-electron chi connectivity index (χ3n) is 5.90. The molecule has 2 saturated heterocycles. The molecule has 0 amide bonds. The van der Waals surface area contributed by atoms with Gasteiger partial charge in [-0.15, -0.1) is 0 Å². The summed E-state index contributed by atoms with van der Waals surface area (Å²) in [5.41, 5.74) is 1.55. The third kappa shape index (κ3) is 4.94. The van der Waals surface area contributed by atoms with E-state index >= 15 is 0 Å². The fourth-order valence-corrected chi connectivity index (χ4v) is 3.94. The monoisotopic (exact) mass is 474 g/mol. The second-order valence-corrected chi connectivity index (χ2v) is 8.30. The molecule has 1 aromatic heterocycles. The first kappa shape index (κ1) is 24.6. The summed E-state index contributed by atoms with van der Waals surface area (Å²) in [7, 11) is 0. The minimum absolute atomic E-state index is 0.106. The van der Waals surface area contributed by atoms with Crippen molar-refractivity contribution in [1.29, 1.82) is 0 Å². The van der Waals surface area contributed by atoms with Crippen LogP contribution in [0, 0.1) is 23.7 Å². The van der Waals surface area contributed by atoms with E-state index in [4.69, 9.17) is 9.47 Å². The van der Waals surface area contributed by atoms with Gasteiger partial charge in [0.1, 0.15) is 42.7 Å². The molecule has 2 aliphatic heterocycles. The molecule has 11 nitrogen and oxygen atoms in total. The average molecular weight is 474 g/mol. The molecule has 0 unspecified atom stereocenters. The maximum atomic E-state index is 10.2.